The molecule has 1 aromatic carbocycles. The zero-order valence-electron chi connectivity index (χ0n) is 12.4. The molecular formula is C16H14N4O2S. The van der Waals surface area contributed by atoms with Crippen molar-refractivity contribution < 1.29 is 9.21 Å². The number of pyridine rings is 1. The van der Waals surface area contributed by atoms with Gasteiger partial charge in [-0.2, -0.15) is 0 Å². The molecule has 0 saturated heterocycles. The van der Waals surface area contributed by atoms with Crippen molar-refractivity contribution in [2.75, 3.05) is 5.32 Å². The summed E-state index contributed by atoms with van der Waals surface area (Å²) in [5.74, 6) is 0.371. The second-order valence-electron chi connectivity index (χ2n) is 4.80. The van der Waals surface area contributed by atoms with Crippen LogP contribution in [0.1, 0.15) is 13.3 Å². The number of anilines is 1. The summed E-state index contributed by atoms with van der Waals surface area (Å²) in [4.78, 5) is 19.8. The predicted octanol–water partition coefficient (Wildman–Crippen LogP) is 3.11. The van der Waals surface area contributed by atoms with Crippen LogP contribution in [0.25, 0.3) is 22.6 Å². The highest BCUT2D eigenvalue weighted by Gasteiger charge is 2.09. The summed E-state index contributed by atoms with van der Waals surface area (Å²) in [6.07, 6.45) is 3.76. The molecule has 23 heavy (non-hydrogen) atoms. The van der Waals surface area contributed by atoms with Crippen LogP contribution < -0.4 is 10.6 Å². The van der Waals surface area contributed by atoms with Gasteiger partial charge in [0.15, 0.2) is 10.7 Å². The topological polar surface area (TPSA) is 80.0 Å². The molecule has 0 saturated carbocycles. The molecule has 6 nitrogen and oxygen atoms in total. The Kier molecular flexibility index (Phi) is 4.29. The molecule has 0 aliphatic carbocycles. The number of nitrogens with zero attached hydrogens (tertiary/aromatic N) is 2. The van der Waals surface area contributed by atoms with Crippen molar-refractivity contribution >= 4 is 40.0 Å². The van der Waals surface area contributed by atoms with Crippen molar-refractivity contribution in [1.82, 2.24) is 15.3 Å². The lowest BCUT2D eigenvalue weighted by molar-refractivity contribution is -0.119. The maximum Gasteiger partial charge on any atom is 0.228 e. The first-order valence-electron chi connectivity index (χ1n) is 7.07. The molecule has 0 radical (unpaired) electrons. The highest BCUT2D eigenvalue weighted by molar-refractivity contribution is 7.80. The molecule has 2 N–H and O–H groups in total. The fourth-order valence-corrected chi connectivity index (χ4v) is 2.23. The Morgan fingerprint density at radius 1 is 1.35 bits per heavy atom. The zero-order chi connectivity index (χ0) is 16.2. The van der Waals surface area contributed by atoms with Gasteiger partial charge >= 0.3 is 0 Å². The number of carbonyl (C=O) groups is 1. The zero-order valence-corrected chi connectivity index (χ0v) is 13.2. The maximum atomic E-state index is 11.3. The molecule has 3 aromatic rings. The van der Waals surface area contributed by atoms with E-state index >= 15 is 0 Å². The summed E-state index contributed by atoms with van der Waals surface area (Å²) < 4.78 is 5.71. The second kappa shape index (κ2) is 6.53. The number of fused-ring (bicyclic) bond motifs is 1. The Balaban J connectivity index is 1.82. The summed E-state index contributed by atoms with van der Waals surface area (Å²) in [7, 11) is 0. The number of amides is 1. The maximum absolute atomic E-state index is 11.3. The molecule has 0 aliphatic rings. The Hall–Kier alpha value is -2.80. The lowest BCUT2D eigenvalue weighted by atomic mass is 10.3. The molecule has 116 valence electrons. The Morgan fingerprint density at radius 3 is 2.96 bits per heavy atom. The highest BCUT2D eigenvalue weighted by atomic mass is 32.1. The third kappa shape index (κ3) is 3.51. The number of oxazole rings is 1. The first-order valence-corrected chi connectivity index (χ1v) is 7.48. The molecule has 0 atom stereocenters. The number of hydrogen-bond acceptors (Lipinski definition) is 5. The molecule has 7 heteroatoms. The Bertz CT molecular complexity index is 861. The van der Waals surface area contributed by atoms with Gasteiger partial charge < -0.3 is 15.1 Å². The Morgan fingerprint density at radius 2 is 2.22 bits per heavy atom. The third-order valence-corrected chi connectivity index (χ3v) is 3.33. The van der Waals surface area contributed by atoms with Gasteiger partial charge in [-0.05, 0) is 42.5 Å². The normalized spacial score (nSPS) is 10.5. The molecule has 0 bridgehead atoms. The van der Waals surface area contributed by atoms with E-state index in [-0.39, 0.29) is 11.0 Å². The number of thiocarbonyl (C=S) groups is 1. The molecule has 3 rings (SSSR count). The van der Waals surface area contributed by atoms with E-state index in [1.165, 1.54) is 0 Å². The summed E-state index contributed by atoms with van der Waals surface area (Å²) >= 11 is 5.09. The first-order chi connectivity index (χ1) is 11.2. The number of nitrogens with one attached hydrogen (secondary N) is 2. The minimum absolute atomic E-state index is 0.135. The van der Waals surface area contributed by atoms with Gasteiger partial charge in [0.2, 0.25) is 11.8 Å². The van der Waals surface area contributed by atoms with Crippen molar-refractivity contribution in [3.63, 3.8) is 0 Å². The van der Waals surface area contributed by atoms with E-state index in [4.69, 9.17) is 16.6 Å². The number of carbonyl (C=O) groups excluding carboxylic acids is 1. The quantitative estimate of drug-likeness (QED) is 0.720. The van der Waals surface area contributed by atoms with Gasteiger partial charge in [-0.25, -0.2) is 4.98 Å². The molecule has 0 spiro atoms. The van der Waals surface area contributed by atoms with Crippen molar-refractivity contribution in [3.8, 4) is 11.5 Å². The van der Waals surface area contributed by atoms with Crippen molar-refractivity contribution in [1.29, 1.82) is 0 Å². The summed E-state index contributed by atoms with van der Waals surface area (Å²) in [5.41, 5.74) is 2.89. The fourth-order valence-electron chi connectivity index (χ4n) is 2.00. The van der Waals surface area contributed by atoms with Crippen molar-refractivity contribution in [2.45, 2.75) is 13.3 Å². The molecule has 0 unspecified atom stereocenters. The number of hydrogen-bond donors (Lipinski definition) is 2. The average molecular weight is 326 g/mol. The largest absolute Gasteiger partial charge is 0.436 e. The van der Waals surface area contributed by atoms with E-state index < -0.39 is 0 Å². The van der Waals surface area contributed by atoms with E-state index in [0.717, 1.165) is 11.3 Å². The van der Waals surface area contributed by atoms with Crippen LogP contribution in [0.5, 0.6) is 0 Å². The van der Waals surface area contributed by atoms with Gasteiger partial charge in [-0.1, -0.05) is 6.92 Å². The van der Waals surface area contributed by atoms with Crippen LogP contribution in [-0.2, 0) is 4.79 Å². The standard InChI is InChI=1S/C16H14N4O2S/c1-2-14(21)20-16(23)18-11-5-6-13-12(8-11)19-15(22-13)10-4-3-7-17-9-10/h3-9H,2H2,1H3,(H2,18,20,21,23). The van der Waals surface area contributed by atoms with Gasteiger partial charge in [0.1, 0.15) is 5.52 Å². The molecule has 2 aromatic heterocycles. The summed E-state index contributed by atoms with van der Waals surface area (Å²) in [6.45, 7) is 1.76. The lowest BCUT2D eigenvalue weighted by Crippen LogP contribution is -2.33. The molecule has 0 fully saturated rings. The van der Waals surface area contributed by atoms with E-state index in [0.29, 0.717) is 23.4 Å². The molecular weight excluding hydrogens is 312 g/mol. The van der Waals surface area contributed by atoms with E-state index in [1.54, 1.807) is 25.4 Å². The number of aromatic nitrogens is 2. The monoisotopic (exact) mass is 326 g/mol. The van der Waals surface area contributed by atoms with Crippen LogP contribution in [0.2, 0.25) is 0 Å². The van der Waals surface area contributed by atoms with Crippen LogP contribution in [0.15, 0.2) is 47.1 Å². The number of rotatable bonds is 3. The lowest BCUT2D eigenvalue weighted by Gasteiger charge is -2.08. The second-order valence-corrected chi connectivity index (χ2v) is 5.21. The van der Waals surface area contributed by atoms with Crippen LogP contribution in [0.3, 0.4) is 0 Å². The van der Waals surface area contributed by atoms with Gasteiger partial charge in [-0.15, -0.1) is 0 Å². The van der Waals surface area contributed by atoms with Gasteiger partial charge in [0.25, 0.3) is 0 Å². The van der Waals surface area contributed by atoms with E-state index in [2.05, 4.69) is 20.6 Å². The average Bonchev–Trinajstić information content (AvgIpc) is 2.98. The van der Waals surface area contributed by atoms with Gasteiger partial charge in [0, 0.05) is 24.5 Å². The third-order valence-electron chi connectivity index (χ3n) is 3.13. The smallest absolute Gasteiger partial charge is 0.228 e. The van der Waals surface area contributed by atoms with E-state index in [9.17, 15) is 4.79 Å². The van der Waals surface area contributed by atoms with E-state index in [1.807, 2.05) is 24.3 Å². The summed E-state index contributed by atoms with van der Waals surface area (Å²) in [5, 5.41) is 5.80. The fraction of sp³-hybridized carbons (Fsp3) is 0.125. The van der Waals surface area contributed by atoms with Crippen LogP contribution in [-0.4, -0.2) is 21.0 Å². The van der Waals surface area contributed by atoms with Crippen LogP contribution >= 0.6 is 12.2 Å². The van der Waals surface area contributed by atoms with Crippen LogP contribution in [0.4, 0.5) is 5.69 Å². The SMILES string of the molecule is CCC(=O)NC(=S)Nc1ccc2oc(-c3cccnc3)nc2c1. The van der Waals surface area contributed by atoms with Crippen molar-refractivity contribution in [3.05, 3.63) is 42.7 Å². The van der Waals surface area contributed by atoms with Gasteiger partial charge in [0.05, 0.1) is 5.56 Å². The van der Waals surface area contributed by atoms with Gasteiger partial charge in [-0.3, -0.25) is 9.78 Å². The van der Waals surface area contributed by atoms with Crippen molar-refractivity contribution in [2.24, 2.45) is 0 Å². The highest BCUT2D eigenvalue weighted by Crippen LogP contribution is 2.25. The minimum Gasteiger partial charge on any atom is -0.436 e. The Labute approximate surface area is 137 Å². The molecule has 2 heterocycles. The number of benzene rings is 1. The predicted molar refractivity (Wildman–Crippen MR) is 91.9 cm³/mol. The molecule has 1 amide bonds. The van der Waals surface area contributed by atoms with Crippen LogP contribution in [0, 0.1) is 0 Å². The minimum atomic E-state index is -0.135. The molecule has 0 aliphatic heterocycles. The summed E-state index contributed by atoms with van der Waals surface area (Å²) in [6, 6.07) is 9.13. The first kappa shape index (κ1) is 15.1.